The number of halogens is 1. The standard InChI is InChI=1S/C10H8FN3O/c11-7-3-1-2-4-8(7)15-10-13-6-5-9(12)14-10/h1-6H,(H2,12,13,14). The molecule has 1 aromatic heterocycles. The van der Waals surface area contributed by atoms with Crippen LogP contribution in [0.4, 0.5) is 10.2 Å². The van der Waals surface area contributed by atoms with Gasteiger partial charge in [0.1, 0.15) is 5.82 Å². The second-order valence-corrected chi connectivity index (χ2v) is 2.80. The molecule has 15 heavy (non-hydrogen) atoms. The van der Waals surface area contributed by atoms with Crippen LogP contribution in [0.3, 0.4) is 0 Å². The van der Waals surface area contributed by atoms with E-state index in [2.05, 4.69) is 9.97 Å². The molecule has 2 rings (SSSR count). The Labute approximate surface area is 85.5 Å². The molecule has 0 radical (unpaired) electrons. The predicted molar refractivity (Wildman–Crippen MR) is 52.9 cm³/mol. The average Bonchev–Trinajstić information content (AvgIpc) is 2.22. The molecule has 0 bridgehead atoms. The molecule has 0 aliphatic rings. The lowest BCUT2D eigenvalue weighted by atomic mass is 10.3. The Morgan fingerprint density at radius 1 is 1.20 bits per heavy atom. The summed E-state index contributed by atoms with van der Waals surface area (Å²) in [6, 6.07) is 7.56. The number of benzene rings is 1. The topological polar surface area (TPSA) is 61.0 Å². The maximum absolute atomic E-state index is 13.2. The molecule has 0 amide bonds. The Bertz CT molecular complexity index is 476. The zero-order chi connectivity index (χ0) is 10.7. The molecule has 0 saturated heterocycles. The summed E-state index contributed by atoms with van der Waals surface area (Å²) < 4.78 is 18.3. The highest BCUT2D eigenvalue weighted by molar-refractivity contribution is 5.30. The molecule has 0 spiro atoms. The van der Waals surface area contributed by atoms with Crippen molar-refractivity contribution in [3.63, 3.8) is 0 Å². The van der Waals surface area contributed by atoms with Crippen LogP contribution in [-0.2, 0) is 0 Å². The van der Waals surface area contributed by atoms with Gasteiger partial charge in [-0.1, -0.05) is 12.1 Å². The second kappa shape index (κ2) is 3.91. The zero-order valence-electron chi connectivity index (χ0n) is 7.72. The number of rotatable bonds is 2. The van der Waals surface area contributed by atoms with Gasteiger partial charge in [-0.3, -0.25) is 0 Å². The van der Waals surface area contributed by atoms with Crippen LogP contribution in [0, 0.1) is 5.82 Å². The van der Waals surface area contributed by atoms with Gasteiger partial charge in [0.2, 0.25) is 0 Å². The van der Waals surface area contributed by atoms with Crippen molar-refractivity contribution in [3.8, 4) is 11.8 Å². The maximum atomic E-state index is 13.2. The van der Waals surface area contributed by atoms with Crippen molar-refractivity contribution < 1.29 is 9.13 Å². The van der Waals surface area contributed by atoms with Gasteiger partial charge < -0.3 is 10.5 Å². The molecular formula is C10H8FN3O. The van der Waals surface area contributed by atoms with Gasteiger partial charge in [-0.2, -0.15) is 4.98 Å². The van der Waals surface area contributed by atoms with Crippen LogP contribution in [0.15, 0.2) is 36.5 Å². The first-order valence-electron chi connectivity index (χ1n) is 4.26. The number of anilines is 1. The lowest BCUT2D eigenvalue weighted by Gasteiger charge is -2.04. The summed E-state index contributed by atoms with van der Waals surface area (Å²) in [6.45, 7) is 0. The Morgan fingerprint density at radius 3 is 2.73 bits per heavy atom. The summed E-state index contributed by atoms with van der Waals surface area (Å²) >= 11 is 0. The van der Waals surface area contributed by atoms with Crippen molar-refractivity contribution in [2.45, 2.75) is 0 Å². The van der Waals surface area contributed by atoms with Crippen LogP contribution in [0.2, 0.25) is 0 Å². The lowest BCUT2D eigenvalue weighted by Crippen LogP contribution is -1.96. The minimum Gasteiger partial charge on any atom is -0.421 e. The SMILES string of the molecule is Nc1ccnc(Oc2ccccc2F)n1. The summed E-state index contributed by atoms with van der Waals surface area (Å²) in [7, 11) is 0. The van der Waals surface area contributed by atoms with Crippen molar-refractivity contribution in [3.05, 3.63) is 42.3 Å². The van der Waals surface area contributed by atoms with Crippen molar-refractivity contribution >= 4 is 5.82 Å². The quantitative estimate of drug-likeness (QED) is 0.814. The molecule has 1 heterocycles. The molecule has 1 aromatic carbocycles. The predicted octanol–water partition coefficient (Wildman–Crippen LogP) is 1.99. The van der Waals surface area contributed by atoms with Crippen LogP contribution in [0.25, 0.3) is 0 Å². The molecule has 76 valence electrons. The van der Waals surface area contributed by atoms with E-state index >= 15 is 0 Å². The molecule has 5 heteroatoms. The first kappa shape index (κ1) is 9.39. The molecule has 0 saturated carbocycles. The normalized spacial score (nSPS) is 9.93. The number of hydrogen-bond donors (Lipinski definition) is 1. The van der Waals surface area contributed by atoms with Crippen LogP contribution in [-0.4, -0.2) is 9.97 Å². The third-order valence-electron chi connectivity index (χ3n) is 1.69. The molecular weight excluding hydrogens is 197 g/mol. The summed E-state index contributed by atoms with van der Waals surface area (Å²) in [4.78, 5) is 7.58. The third-order valence-corrected chi connectivity index (χ3v) is 1.69. The van der Waals surface area contributed by atoms with Crippen LogP contribution < -0.4 is 10.5 Å². The largest absolute Gasteiger partial charge is 0.421 e. The van der Waals surface area contributed by atoms with E-state index in [9.17, 15) is 4.39 Å². The van der Waals surface area contributed by atoms with Gasteiger partial charge in [0, 0.05) is 6.20 Å². The summed E-state index contributed by atoms with van der Waals surface area (Å²) in [5.41, 5.74) is 5.43. The Morgan fingerprint density at radius 2 is 2.00 bits per heavy atom. The first-order chi connectivity index (χ1) is 7.25. The highest BCUT2D eigenvalue weighted by Gasteiger charge is 2.04. The molecule has 0 atom stereocenters. The van der Waals surface area contributed by atoms with E-state index in [1.54, 1.807) is 12.1 Å². The monoisotopic (exact) mass is 205 g/mol. The Kier molecular flexibility index (Phi) is 2.45. The number of ether oxygens (including phenoxy) is 1. The van der Waals surface area contributed by atoms with Gasteiger partial charge >= 0.3 is 6.01 Å². The van der Waals surface area contributed by atoms with E-state index < -0.39 is 5.82 Å². The highest BCUT2D eigenvalue weighted by atomic mass is 19.1. The van der Waals surface area contributed by atoms with Crippen molar-refractivity contribution in [2.75, 3.05) is 5.73 Å². The molecule has 0 fully saturated rings. The molecule has 2 N–H and O–H groups in total. The first-order valence-corrected chi connectivity index (χ1v) is 4.26. The van der Waals surface area contributed by atoms with E-state index in [1.807, 2.05) is 0 Å². The minimum absolute atomic E-state index is 0.0279. The number of nitrogen functional groups attached to an aromatic ring is 1. The van der Waals surface area contributed by atoms with E-state index in [1.165, 1.54) is 24.4 Å². The van der Waals surface area contributed by atoms with Gasteiger partial charge in [0.05, 0.1) is 0 Å². The summed E-state index contributed by atoms with van der Waals surface area (Å²) in [5.74, 6) is -0.122. The number of hydrogen-bond acceptors (Lipinski definition) is 4. The van der Waals surface area contributed by atoms with Gasteiger partial charge in [-0.15, -0.1) is 0 Å². The van der Waals surface area contributed by atoms with Crippen LogP contribution in [0.1, 0.15) is 0 Å². The molecule has 0 aliphatic carbocycles. The maximum Gasteiger partial charge on any atom is 0.323 e. The number of nitrogens with zero attached hydrogens (tertiary/aromatic N) is 2. The van der Waals surface area contributed by atoms with Gasteiger partial charge in [-0.25, -0.2) is 9.37 Å². The molecule has 0 aliphatic heterocycles. The third kappa shape index (κ3) is 2.19. The average molecular weight is 205 g/mol. The fraction of sp³-hybridized carbons (Fsp3) is 0. The number of aromatic nitrogens is 2. The summed E-state index contributed by atoms with van der Waals surface area (Å²) in [5, 5.41) is 0. The van der Waals surface area contributed by atoms with Gasteiger partial charge in [0.25, 0.3) is 0 Å². The van der Waals surface area contributed by atoms with Crippen molar-refractivity contribution in [2.24, 2.45) is 0 Å². The fourth-order valence-electron chi connectivity index (χ4n) is 1.03. The smallest absolute Gasteiger partial charge is 0.323 e. The van der Waals surface area contributed by atoms with E-state index in [0.717, 1.165) is 0 Å². The minimum atomic E-state index is -0.469. The zero-order valence-corrected chi connectivity index (χ0v) is 7.72. The van der Waals surface area contributed by atoms with Crippen LogP contribution in [0.5, 0.6) is 11.8 Å². The molecule has 4 nitrogen and oxygen atoms in total. The van der Waals surface area contributed by atoms with Gasteiger partial charge in [0.15, 0.2) is 11.6 Å². The lowest BCUT2D eigenvalue weighted by molar-refractivity contribution is 0.412. The molecule has 2 aromatic rings. The fourth-order valence-corrected chi connectivity index (χ4v) is 1.03. The van der Waals surface area contributed by atoms with E-state index in [4.69, 9.17) is 10.5 Å². The van der Waals surface area contributed by atoms with Crippen molar-refractivity contribution in [1.82, 2.24) is 9.97 Å². The Hall–Kier alpha value is -2.17. The van der Waals surface area contributed by atoms with E-state index in [-0.39, 0.29) is 17.6 Å². The Balaban J connectivity index is 2.26. The van der Waals surface area contributed by atoms with E-state index in [0.29, 0.717) is 0 Å². The summed E-state index contributed by atoms with van der Waals surface area (Å²) in [6.07, 6.45) is 1.44. The van der Waals surface area contributed by atoms with Gasteiger partial charge in [-0.05, 0) is 18.2 Å². The second-order valence-electron chi connectivity index (χ2n) is 2.80. The van der Waals surface area contributed by atoms with Crippen LogP contribution >= 0.6 is 0 Å². The number of nitrogens with two attached hydrogens (primary N) is 1. The molecule has 0 unspecified atom stereocenters. The van der Waals surface area contributed by atoms with Crippen molar-refractivity contribution in [1.29, 1.82) is 0 Å². The number of para-hydroxylation sites is 1. The highest BCUT2D eigenvalue weighted by Crippen LogP contribution is 2.20.